The molecular formula is C7H13NOS. The fraction of sp³-hybridized carbons (Fsp3) is 1.00. The van der Waals surface area contributed by atoms with Crippen molar-refractivity contribution in [2.24, 2.45) is 0 Å². The number of aliphatic hydroxyl groups is 1. The smallest absolute Gasteiger partial charge is 0.0810 e. The Hall–Kier alpha value is 0.270. The van der Waals surface area contributed by atoms with E-state index in [4.69, 9.17) is 0 Å². The van der Waals surface area contributed by atoms with E-state index in [1.807, 2.05) is 11.8 Å². The van der Waals surface area contributed by atoms with Crippen molar-refractivity contribution < 1.29 is 5.11 Å². The van der Waals surface area contributed by atoms with Crippen molar-refractivity contribution in [2.75, 3.05) is 18.1 Å². The van der Waals surface area contributed by atoms with Gasteiger partial charge in [0.05, 0.1) is 5.60 Å². The molecule has 1 saturated heterocycles. The van der Waals surface area contributed by atoms with E-state index in [0.717, 1.165) is 25.1 Å². The van der Waals surface area contributed by atoms with Gasteiger partial charge in [0.2, 0.25) is 0 Å². The first-order chi connectivity index (χ1) is 4.81. The molecule has 2 rings (SSSR count). The summed E-state index contributed by atoms with van der Waals surface area (Å²) in [6.45, 7) is 1.07. The van der Waals surface area contributed by atoms with Crippen molar-refractivity contribution in [1.29, 1.82) is 0 Å². The molecule has 0 aromatic rings. The Morgan fingerprint density at radius 3 is 2.80 bits per heavy atom. The van der Waals surface area contributed by atoms with Crippen LogP contribution in [0.4, 0.5) is 0 Å². The molecule has 2 nitrogen and oxygen atoms in total. The highest BCUT2D eigenvalue weighted by molar-refractivity contribution is 7.99. The van der Waals surface area contributed by atoms with Gasteiger partial charge < -0.3 is 10.4 Å². The Morgan fingerprint density at radius 1 is 1.50 bits per heavy atom. The highest BCUT2D eigenvalue weighted by Gasteiger charge is 2.47. The third-order valence-corrected chi connectivity index (χ3v) is 3.39. The van der Waals surface area contributed by atoms with Gasteiger partial charge in [-0.25, -0.2) is 0 Å². The van der Waals surface area contributed by atoms with Crippen molar-refractivity contribution in [1.82, 2.24) is 5.32 Å². The molecule has 1 unspecified atom stereocenters. The summed E-state index contributed by atoms with van der Waals surface area (Å²) < 4.78 is 0. The summed E-state index contributed by atoms with van der Waals surface area (Å²) in [6, 6.07) is 0.381. The summed E-state index contributed by atoms with van der Waals surface area (Å²) in [4.78, 5) is 0. The average molecular weight is 159 g/mol. The van der Waals surface area contributed by atoms with Crippen molar-refractivity contribution >= 4 is 11.8 Å². The van der Waals surface area contributed by atoms with Crippen LogP contribution < -0.4 is 5.32 Å². The van der Waals surface area contributed by atoms with Crippen molar-refractivity contribution in [2.45, 2.75) is 24.5 Å². The first-order valence-corrected chi connectivity index (χ1v) is 5.00. The Kier molecular flexibility index (Phi) is 1.66. The van der Waals surface area contributed by atoms with E-state index in [1.165, 1.54) is 5.75 Å². The van der Waals surface area contributed by atoms with E-state index in [9.17, 15) is 5.11 Å². The lowest BCUT2D eigenvalue weighted by molar-refractivity contribution is 0.111. The van der Waals surface area contributed by atoms with Crippen molar-refractivity contribution in [3.05, 3.63) is 0 Å². The molecule has 1 saturated carbocycles. The molecule has 1 heterocycles. The minimum Gasteiger partial charge on any atom is -0.388 e. The number of thioether (sulfide) groups is 1. The molecule has 2 aliphatic rings. The SMILES string of the molecule is OC1(C2CSCCN2)CC1. The zero-order valence-electron chi connectivity index (χ0n) is 5.97. The second-order valence-corrected chi connectivity index (χ2v) is 4.34. The predicted octanol–water partition coefficient (Wildman–Crippen LogP) is 0.216. The van der Waals surface area contributed by atoms with Crippen molar-refractivity contribution in [3.8, 4) is 0 Å². The lowest BCUT2D eigenvalue weighted by atomic mass is 10.1. The van der Waals surface area contributed by atoms with Crippen LogP contribution in [-0.4, -0.2) is 34.8 Å². The van der Waals surface area contributed by atoms with Gasteiger partial charge in [0.15, 0.2) is 0 Å². The second kappa shape index (κ2) is 2.40. The quantitative estimate of drug-likeness (QED) is 0.574. The second-order valence-electron chi connectivity index (χ2n) is 3.19. The summed E-state index contributed by atoms with van der Waals surface area (Å²) in [5.41, 5.74) is -0.312. The molecule has 58 valence electrons. The monoisotopic (exact) mass is 159 g/mol. The predicted molar refractivity (Wildman–Crippen MR) is 43.3 cm³/mol. The van der Waals surface area contributed by atoms with Crippen LogP contribution in [0.2, 0.25) is 0 Å². The van der Waals surface area contributed by atoms with E-state index in [1.54, 1.807) is 0 Å². The molecule has 0 spiro atoms. The molecule has 3 heteroatoms. The molecular weight excluding hydrogens is 146 g/mol. The Morgan fingerprint density at radius 2 is 2.30 bits per heavy atom. The van der Waals surface area contributed by atoms with E-state index in [2.05, 4.69) is 5.32 Å². The Labute approximate surface area is 65.4 Å². The van der Waals surface area contributed by atoms with Crippen molar-refractivity contribution in [3.63, 3.8) is 0 Å². The summed E-state index contributed by atoms with van der Waals surface area (Å²) in [5, 5.41) is 13.0. The topological polar surface area (TPSA) is 32.3 Å². The maximum atomic E-state index is 9.68. The zero-order valence-corrected chi connectivity index (χ0v) is 6.78. The first kappa shape index (κ1) is 6.95. The molecule has 1 atom stereocenters. The minimum absolute atomic E-state index is 0.312. The molecule has 0 amide bonds. The number of hydrogen-bond donors (Lipinski definition) is 2. The van der Waals surface area contributed by atoms with E-state index >= 15 is 0 Å². The standard InChI is InChI=1S/C7H13NOS/c9-7(1-2-7)6-5-10-4-3-8-6/h6,8-9H,1-5H2. The Bertz CT molecular complexity index is 130. The van der Waals surface area contributed by atoms with Gasteiger partial charge in [0, 0.05) is 24.1 Å². The van der Waals surface area contributed by atoms with Crippen LogP contribution in [0.3, 0.4) is 0 Å². The Balaban J connectivity index is 1.91. The molecule has 0 radical (unpaired) electrons. The van der Waals surface area contributed by atoms with Gasteiger partial charge in [0.25, 0.3) is 0 Å². The van der Waals surface area contributed by atoms with Gasteiger partial charge in [-0.1, -0.05) is 0 Å². The maximum absolute atomic E-state index is 9.68. The van der Waals surface area contributed by atoms with Crippen LogP contribution in [-0.2, 0) is 0 Å². The first-order valence-electron chi connectivity index (χ1n) is 3.85. The molecule has 1 aliphatic heterocycles. The molecule has 1 aliphatic carbocycles. The molecule has 0 aromatic heterocycles. The van der Waals surface area contributed by atoms with Crippen LogP contribution in [0.15, 0.2) is 0 Å². The van der Waals surface area contributed by atoms with E-state index < -0.39 is 0 Å². The van der Waals surface area contributed by atoms with Crippen LogP contribution in [0.1, 0.15) is 12.8 Å². The third kappa shape index (κ3) is 1.18. The van der Waals surface area contributed by atoms with E-state index in [0.29, 0.717) is 6.04 Å². The summed E-state index contributed by atoms with van der Waals surface area (Å²) in [6.07, 6.45) is 2.01. The fourth-order valence-corrected chi connectivity index (χ4v) is 2.48. The lowest BCUT2D eigenvalue weighted by Crippen LogP contribution is -2.47. The summed E-state index contributed by atoms with van der Waals surface area (Å²) in [7, 11) is 0. The zero-order chi connectivity index (χ0) is 7.03. The van der Waals surface area contributed by atoms with Gasteiger partial charge >= 0.3 is 0 Å². The fourth-order valence-electron chi connectivity index (χ4n) is 1.39. The molecule has 10 heavy (non-hydrogen) atoms. The summed E-state index contributed by atoms with van der Waals surface area (Å²) >= 11 is 1.95. The average Bonchev–Trinajstić information content (AvgIpc) is 2.72. The number of hydrogen-bond acceptors (Lipinski definition) is 3. The van der Waals surface area contributed by atoms with Gasteiger partial charge in [0.1, 0.15) is 0 Å². The maximum Gasteiger partial charge on any atom is 0.0810 e. The van der Waals surface area contributed by atoms with Crippen LogP contribution in [0.25, 0.3) is 0 Å². The molecule has 0 bridgehead atoms. The number of rotatable bonds is 1. The highest BCUT2D eigenvalue weighted by atomic mass is 32.2. The molecule has 2 N–H and O–H groups in total. The minimum atomic E-state index is -0.312. The number of nitrogens with one attached hydrogen (secondary N) is 1. The van der Waals surface area contributed by atoms with Crippen LogP contribution in [0, 0.1) is 0 Å². The normalized spacial score (nSPS) is 37.5. The van der Waals surface area contributed by atoms with Crippen LogP contribution >= 0.6 is 11.8 Å². The van der Waals surface area contributed by atoms with Crippen LogP contribution in [0.5, 0.6) is 0 Å². The summed E-state index contributed by atoms with van der Waals surface area (Å²) in [5.74, 6) is 2.29. The van der Waals surface area contributed by atoms with Gasteiger partial charge in [-0.15, -0.1) is 0 Å². The van der Waals surface area contributed by atoms with Gasteiger partial charge in [-0.2, -0.15) is 11.8 Å². The molecule has 2 fully saturated rings. The van der Waals surface area contributed by atoms with Gasteiger partial charge in [-0.3, -0.25) is 0 Å². The molecule has 0 aromatic carbocycles. The largest absolute Gasteiger partial charge is 0.388 e. The third-order valence-electron chi connectivity index (χ3n) is 2.33. The lowest BCUT2D eigenvalue weighted by Gasteiger charge is -2.27. The van der Waals surface area contributed by atoms with E-state index in [-0.39, 0.29) is 5.60 Å². The van der Waals surface area contributed by atoms with Gasteiger partial charge in [-0.05, 0) is 12.8 Å². The highest BCUT2D eigenvalue weighted by Crippen LogP contribution is 2.40.